The zero-order valence-electron chi connectivity index (χ0n) is 23.2. The molecule has 2 amide bonds. The lowest BCUT2D eigenvalue weighted by Gasteiger charge is -2.19. The number of rotatable bonds is 8. The number of halogens is 3. The Bertz CT molecular complexity index is 1530. The van der Waals surface area contributed by atoms with Crippen LogP contribution in [0.4, 0.5) is 29.5 Å². The number of likely N-dealkylation sites (tertiary alicyclic amines) is 1. The molecule has 0 radical (unpaired) electrons. The fourth-order valence-electron chi connectivity index (χ4n) is 5.10. The molecule has 0 saturated carbocycles. The van der Waals surface area contributed by atoms with Gasteiger partial charge in [-0.2, -0.15) is 0 Å². The van der Waals surface area contributed by atoms with E-state index >= 15 is 0 Å². The van der Waals surface area contributed by atoms with Gasteiger partial charge < -0.3 is 19.9 Å². The summed E-state index contributed by atoms with van der Waals surface area (Å²) in [6.45, 7) is 2.85. The van der Waals surface area contributed by atoms with Crippen LogP contribution in [-0.4, -0.2) is 60.7 Å². The van der Waals surface area contributed by atoms with Gasteiger partial charge in [-0.25, -0.2) is 22.9 Å². The molecule has 214 valence electrons. The number of carbonyl (C=O) groups is 1. The molecule has 10 heteroatoms. The molecular formula is C31H32F3N5O2. The number of nitrogens with zero attached hydrogens (tertiary/aromatic N) is 4. The summed E-state index contributed by atoms with van der Waals surface area (Å²) in [5.41, 5.74) is 5.24. The highest BCUT2D eigenvalue weighted by Gasteiger charge is 2.36. The summed E-state index contributed by atoms with van der Waals surface area (Å²) in [4.78, 5) is 25.5. The molecule has 2 aromatic carbocycles. The molecule has 2 unspecified atom stereocenters. The molecule has 1 N–H and O–H groups in total. The number of amides is 2. The fourth-order valence-corrected chi connectivity index (χ4v) is 5.10. The van der Waals surface area contributed by atoms with E-state index in [2.05, 4.69) is 20.2 Å². The molecule has 7 nitrogen and oxygen atoms in total. The van der Waals surface area contributed by atoms with Crippen molar-refractivity contribution >= 4 is 28.4 Å². The van der Waals surface area contributed by atoms with Gasteiger partial charge in [0.15, 0.2) is 6.17 Å². The first-order valence-corrected chi connectivity index (χ1v) is 13.4. The predicted molar refractivity (Wildman–Crippen MR) is 154 cm³/mol. The van der Waals surface area contributed by atoms with Crippen molar-refractivity contribution in [2.75, 3.05) is 37.5 Å². The topological polar surface area (TPSA) is 70.6 Å². The van der Waals surface area contributed by atoms with Gasteiger partial charge >= 0.3 is 6.03 Å². The Morgan fingerprint density at radius 3 is 2.61 bits per heavy atom. The SMILES string of the molecule is COc1ccc(CN(C)c2cc3ncc(-c4cc(NC(=O)N5CCC(C(F)C(F)F)C5)ccc4C)cc3cn2)cc1. The highest BCUT2D eigenvalue weighted by molar-refractivity contribution is 5.91. The molecule has 2 atom stereocenters. The first kappa shape index (κ1) is 28.2. The molecule has 1 saturated heterocycles. The van der Waals surface area contributed by atoms with Gasteiger partial charge in [0.2, 0.25) is 0 Å². The van der Waals surface area contributed by atoms with Crippen LogP contribution < -0.4 is 15.0 Å². The van der Waals surface area contributed by atoms with E-state index in [1.165, 1.54) is 4.90 Å². The van der Waals surface area contributed by atoms with Crippen LogP contribution >= 0.6 is 0 Å². The second-order valence-electron chi connectivity index (χ2n) is 10.4. The minimum absolute atomic E-state index is 0.0328. The minimum Gasteiger partial charge on any atom is -0.497 e. The fraction of sp³-hybridized carbons (Fsp3) is 0.323. The number of carbonyl (C=O) groups excluding carboxylic acids is 1. The Labute approximate surface area is 237 Å². The molecule has 1 fully saturated rings. The predicted octanol–water partition coefficient (Wildman–Crippen LogP) is 6.71. The van der Waals surface area contributed by atoms with Gasteiger partial charge in [-0.05, 0) is 60.4 Å². The number of hydrogen-bond acceptors (Lipinski definition) is 5. The van der Waals surface area contributed by atoms with E-state index in [4.69, 9.17) is 4.74 Å². The highest BCUT2D eigenvalue weighted by atomic mass is 19.3. The lowest BCUT2D eigenvalue weighted by molar-refractivity contribution is 0.0192. The normalized spacial score (nSPS) is 15.8. The standard InChI is InChI=1S/C31H32F3N5O2/c1-19-4-7-24(37-31(40)39-11-10-21(18-39)29(32)30(33)34)13-26(19)22-12-23-16-36-28(14-27(23)35-15-22)38(2)17-20-5-8-25(41-3)9-6-20/h4-9,12-16,21,29-30H,10-11,17-18H2,1-3H3,(H,37,40). The second kappa shape index (κ2) is 12.0. The lowest BCUT2D eigenvalue weighted by Crippen LogP contribution is -2.34. The van der Waals surface area contributed by atoms with Crippen LogP contribution in [0.2, 0.25) is 0 Å². The zero-order chi connectivity index (χ0) is 29.1. The highest BCUT2D eigenvalue weighted by Crippen LogP contribution is 2.30. The first-order chi connectivity index (χ1) is 19.7. The van der Waals surface area contributed by atoms with E-state index in [1.807, 2.05) is 62.5 Å². The quantitative estimate of drug-likeness (QED) is 0.258. The Balaban J connectivity index is 1.29. The molecule has 41 heavy (non-hydrogen) atoms. The summed E-state index contributed by atoms with van der Waals surface area (Å²) in [6.07, 6.45) is -1.46. The zero-order valence-corrected chi connectivity index (χ0v) is 23.2. The largest absolute Gasteiger partial charge is 0.497 e. The number of pyridine rings is 2. The van der Waals surface area contributed by atoms with Crippen molar-refractivity contribution in [1.29, 1.82) is 0 Å². The molecule has 1 aliphatic heterocycles. The third-order valence-electron chi connectivity index (χ3n) is 7.52. The third kappa shape index (κ3) is 6.37. The summed E-state index contributed by atoms with van der Waals surface area (Å²) in [5, 5.41) is 3.70. The van der Waals surface area contributed by atoms with Crippen molar-refractivity contribution in [1.82, 2.24) is 14.9 Å². The molecule has 0 bridgehead atoms. The van der Waals surface area contributed by atoms with Gasteiger partial charge in [0.1, 0.15) is 11.6 Å². The number of aromatic nitrogens is 2. The van der Waals surface area contributed by atoms with Gasteiger partial charge in [-0.3, -0.25) is 4.98 Å². The number of anilines is 2. The van der Waals surface area contributed by atoms with Gasteiger partial charge in [0, 0.05) is 67.7 Å². The average molecular weight is 564 g/mol. The van der Waals surface area contributed by atoms with E-state index < -0.39 is 24.5 Å². The monoisotopic (exact) mass is 563 g/mol. The van der Waals surface area contributed by atoms with Crippen molar-refractivity contribution < 1.29 is 22.7 Å². The Kier molecular flexibility index (Phi) is 8.28. The molecule has 0 spiro atoms. The van der Waals surface area contributed by atoms with Crippen LogP contribution in [0.3, 0.4) is 0 Å². The Morgan fingerprint density at radius 1 is 1.10 bits per heavy atom. The third-order valence-corrected chi connectivity index (χ3v) is 7.52. The number of urea groups is 1. The first-order valence-electron chi connectivity index (χ1n) is 13.4. The Hall–Kier alpha value is -4.34. The maximum Gasteiger partial charge on any atom is 0.321 e. The molecule has 5 rings (SSSR count). The molecule has 1 aliphatic rings. The smallest absolute Gasteiger partial charge is 0.321 e. The number of methoxy groups -OCH3 is 1. The number of hydrogen-bond donors (Lipinski definition) is 1. The van der Waals surface area contributed by atoms with Gasteiger partial charge in [-0.15, -0.1) is 0 Å². The summed E-state index contributed by atoms with van der Waals surface area (Å²) in [6, 6.07) is 17.0. The van der Waals surface area contributed by atoms with Crippen molar-refractivity contribution in [3.05, 3.63) is 78.1 Å². The molecule has 2 aromatic heterocycles. The number of fused-ring (bicyclic) bond motifs is 1. The maximum absolute atomic E-state index is 13.7. The van der Waals surface area contributed by atoms with Gasteiger partial charge in [0.25, 0.3) is 6.43 Å². The minimum atomic E-state index is -3.04. The summed E-state index contributed by atoms with van der Waals surface area (Å²) in [5.74, 6) is 0.757. The van der Waals surface area contributed by atoms with Gasteiger partial charge in [0.05, 0.1) is 12.6 Å². The van der Waals surface area contributed by atoms with E-state index in [0.717, 1.165) is 44.7 Å². The van der Waals surface area contributed by atoms with Crippen LogP contribution in [0.25, 0.3) is 22.0 Å². The summed E-state index contributed by atoms with van der Waals surface area (Å²) < 4.78 is 44.5. The molecule has 4 aromatic rings. The average Bonchev–Trinajstić information content (AvgIpc) is 3.48. The van der Waals surface area contributed by atoms with Crippen molar-refractivity contribution in [3.8, 4) is 16.9 Å². The maximum atomic E-state index is 13.7. The van der Waals surface area contributed by atoms with Crippen molar-refractivity contribution in [3.63, 3.8) is 0 Å². The molecular weight excluding hydrogens is 531 g/mol. The van der Waals surface area contributed by atoms with Crippen LogP contribution in [0.1, 0.15) is 17.5 Å². The molecule has 0 aliphatic carbocycles. The van der Waals surface area contributed by atoms with Crippen LogP contribution in [0, 0.1) is 12.8 Å². The number of benzene rings is 2. The van der Waals surface area contributed by atoms with E-state index in [0.29, 0.717) is 12.2 Å². The lowest BCUT2D eigenvalue weighted by atomic mass is 10.0. The van der Waals surface area contributed by atoms with Gasteiger partial charge in [-0.1, -0.05) is 18.2 Å². The van der Waals surface area contributed by atoms with E-state index in [9.17, 15) is 18.0 Å². The van der Waals surface area contributed by atoms with Crippen molar-refractivity contribution in [2.24, 2.45) is 5.92 Å². The number of ether oxygens (including phenoxy) is 1. The second-order valence-corrected chi connectivity index (χ2v) is 10.4. The van der Waals surface area contributed by atoms with Crippen LogP contribution in [0.5, 0.6) is 5.75 Å². The summed E-state index contributed by atoms with van der Waals surface area (Å²) >= 11 is 0. The van der Waals surface area contributed by atoms with E-state index in [-0.39, 0.29) is 19.5 Å². The number of nitrogens with one attached hydrogen (secondary N) is 1. The Morgan fingerprint density at radius 2 is 1.88 bits per heavy atom. The van der Waals surface area contributed by atoms with Crippen LogP contribution in [-0.2, 0) is 6.54 Å². The van der Waals surface area contributed by atoms with Crippen molar-refractivity contribution in [2.45, 2.75) is 32.5 Å². The summed E-state index contributed by atoms with van der Waals surface area (Å²) in [7, 11) is 3.62. The van der Waals surface area contributed by atoms with E-state index in [1.54, 1.807) is 25.6 Å². The number of aryl methyl sites for hydroxylation is 1. The number of alkyl halides is 3. The molecule has 3 heterocycles. The van der Waals surface area contributed by atoms with Crippen LogP contribution in [0.15, 0.2) is 67.0 Å².